The number of nitrogens with one attached hydrogen (secondary N) is 1. The van der Waals surface area contributed by atoms with E-state index in [0.717, 1.165) is 30.9 Å². The molecule has 0 aromatic carbocycles. The second-order valence-electron chi connectivity index (χ2n) is 6.11. The van der Waals surface area contributed by atoms with Gasteiger partial charge in [0, 0.05) is 24.7 Å². The summed E-state index contributed by atoms with van der Waals surface area (Å²) in [6.07, 6.45) is 5.71. The van der Waals surface area contributed by atoms with Gasteiger partial charge < -0.3 is 5.32 Å². The molecule has 0 aliphatic heterocycles. The summed E-state index contributed by atoms with van der Waals surface area (Å²) in [5.74, 6) is 2.04. The molecule has 1 aromatic rings. The minimum absolute atomic E-state index is 0.244. The maximum Gasteiger partial charge on any atom is 0.132 e. The molecule has 1 aromatic heterocycles. The third-order valence-electron chi connectivity index (χ3n) is 3.15. The maximum atomic E-state index is 4.76. The Morgan fingerprint density at radius 3 is 2.47 bits per heavy atom. The van der Waals surface area contributed by atoms with Crippen molar-refractivity contribution in [3.63, 3.8) is 0 Å². The molecule has 3 heteroatoms. The number of fused-ring (bicyclic) bond motifs is 1. The van der Waals surface area contributed by atoms with Gasteiger partial charge in [-0.15, -0.1) is 0 Å². The molecule has 1 N–H and O–H groups in total. The van der Waals surface area contributed by atoms with Crippen LogP contribution in [-0.4, -0.2) is 17.0 Å². The van der Waals surface area contributed by atoms with Crippen LogP contribution in [0.3, 0.4) is 0 Å². The molecule has 0 unspecified atom stereocenters. The molecule has 0 saturated heterocycles. The van der Waals surface area contributed by atoms with Crippen LogP contribution in [0.1, 0.15) is 50.7 Å². The molecule has 3 nitrogen and oxygen atoms in total. The highest BCUT2D eigenvalue weighted by Gasteiger charge is 2.19. The van der Waals surface area contributed by atoms with Gasteiger partial charge in [0.15, 0.2) is 0 Å². The molecule has 2 rings (SSSR count). The molecule has 0 atom stereocenters. The summed E-state index contributed by atoms with van der Waals surface area (Å²) in [6.45, 7) is 6.69. The topological polar surface area (TPSA) is 37.8 Å². The fourth-order valence-electron chi connectivity index (χ4n) is 2.41. The summed E-state index contributed by atoms with van der Waals surface area (Å²) >= 11 is 0. The van der Waals surface area contributed by atoms with Gasteiger partial charge in [0.2, 0.25) is 0 Å². The number of hydrogen-bond acceptors (Lipinski definition) is 3. The first kappa shape index (κ1) is 12.3. The predicted octanol–water partition coefficient (Wildman–Crippen LogP) is 2.99. The van der Waals surface area contributed by atoms with Crippen molar-refractivity contribution in [1.82, 2.24) is 9.97 Å². The Bertz CT molecular complexity index is 387. The molecular weight excluding hydrogens is 210 g/mol. The van der Waals surface area contributed by atoms with Crippen LogP contribution in [0.25, 0.3) is 0 Å². The molecule has 0 bridgehead atoms. The van der Waals surface area contributed by atoms with Crippen LogP contribution < -0.4 is 5.32 Å². The lowest BCUT2D eigenvalue weighted by molar-refractivity contribution is 0.399. The molecule has 1 aliphatic carbocycles. The summed E-state index contributed by atoms with van der Waals surface area (Å²) in [6, 6.07) is 0. The molecule has 17 heavy (non-hydrogen) atoms. The largest absolute Gasteiger partial charge is 0.373 e. The minimum Gasteiger partial charge on any atom is -0.373 e. The molecule has 0 radical (unpaired) electrons. The van der Waals surface area contributed by atoms with Gasteiger partial charge in [0.1, 0.15) is 11.6 Å². The smallest absolute Gasteiger partial charge is 0.132 e. The molecule has 1 heterocycles. The van der Waals surface area contributed by atoms with Crippen LogP contribution in [0.15, 0.2) is 0 Å². The van der Waals surface area contributed by atoms with E-state index in [1.165, 1.54) is 24.1 Å². The van der Waals surface area contributed by atoms with Gasteiger partial charge in [0.25, 0.3) is 0 Å². The fourth-order valence-corrected chi connectivity index (χ4v) is 2.41. The molecule has 0 saturated carbocycles. The first-order valence-electron chi connectivity index (χ1n) is 6.56. The SMILES string of the molecule is CNc1nc(CC(C)(C)C)nc2c1CCCC2. The highest BCUT2D eigenvalue weighted by molar-refractivity contribution is 5.47. The third-order valence-corrected chi connectivity index (χ3v) is 3.15. The summed E-state index contributed by atoms with van der Waals surface area (Å²) in [5.41, 5.74) is 2.86. The number of aryl methyl sites for hydroxylation is 1. The average molecular weight is 233 g/mol. The first-order valence-corrected chi connectivity index (χ1v) is 6.56. The standard InChI is InChI=1S/C14H23N3/c1-14(2,3)9-12-16-11-8-6-5-7-10(11)13(15-4)17-12/h5-9H2,1-4H3,(H,15,16,17). The molecule has 0 spiro atoms. The average Bonchev–Trinajstić information content (AvgIpc) is 2.25. The van der Waals surface area contributed by atoms with Crippen LogP contribution >= 0.6 is 0 Å². The number of hydrogen-bond donors (Lipinski definition) is 1. The second-order valence-corrected chi connectivity index (χ2v) is 6.11. The Morgan fingerprint density at radius 1 is 1.12 bits per heavy atom. The van der Waals surface area contributed by atoms with Crippen LogP contribution in [0.5, 0.6) is 0 Å². The fraction of sp³-hybridized carbons (Fsp3) is 0.714. The predicted molar refractivity (Wildman–Crippen MR) is 71.4 cm³/mol. The molecular formula is C14H23N3. The van der Waals surface area contributed by atoms with Crippen molar-refractivity contribution in [2.75, 3.05) is 12.4 Å². The first-order chi connectivity index (χ1) is 7.99. The van der Waals surface area contributed by atoms with Gasteiger partial charge in [-0.25, -0.2) is 9.97 Å². The van der Waals surface area contributed by atoms with E-state index in [0.29, 0.717) is 0 Å². The monoisotopic (exact) mass is 233 g/mol. The Hall–Kier alpha value is -1.12. The molecule has 0 amide bonds. The van der Waals surface area contributed by atoms with Gasteiger partial charge in [-0.05, 0) is 31.1 Å². The van der Waals surface area contributed by atoms with Crippen molar-refractivity contribution in [2.45, 2.75) is 52.9 Å². The van der Waals surface area contributed by atoms with Gasteiger partial charge in [0.05, 0.1) is 0 Å². The Morgan fingerprint density at radius 2 is 1.82 bits per heavy atom. The number of anilines is 1. The zero-order valence-electron chi connectivity index (χ0n) is 11.4. The highest BCUT2D eigenvalue weighted by atomic mass is 15.0. The summed E-state index contributed by atoms with van der Waals surface area (Å²) < 4.78 is 0. The Balaban J connectivity index is 2.36. The van der Waals surface area contributed by atoms with Crippen LogP contribution in [0.2, 0.25) is 0 Å². The second kappa shape index (κ2) is 4.63. The lowest BCUT2D eigenvalue weighted by atomic mass is 9.91. The lowest BCUT2D eigenvalue weighted by Gasteiger charge is -2.22. The molecule has 94 valence electrons. The number of nitrogens with zero attached hydrogens (tertiary/aromatic N) is 2. The van der Waals surface area contributed by atoms with Crippen molar-refractivity contribution >= 4 is 5.82 Å². The number of rotatable bonds is 2. The minimum atomic E-state index is 0.244. The van der Waals surface area contributed by atoms with Crippen molar-refractivity contribution in [3.05, 3.63) is 17.1 Å². The van der Waals surface area contributed by atoms with Crippen LogP contribution in [0.4, 0.5) is 5.82 Å². The van der Waals surface area contributed by atoms with E-state index in [9.17, 15) is 0 Å². The number of aromatic nitrogens is 2. The Labute approximate surface area is 104 Å². The van der Waals surface area contributed by atoms with Gasteiger partial charge in [-0.1, -0.05) is 20.8 Å². The van der Waals surface area contributed by atoms with E-state index < -0.39 is 0 Å². The van der Waals surface area contributed by atoms with Gasteiger partial charge >= 0.3 is 0 Å². The summed E-state index contributed by atoms with van der Waals surface area (Å²) in [7, 11) is 1.96. The zero-order chi connectivity index (χ0) is 12.5. The Kier molecular flexibility index (Phi) is 3.36. The van der Waals surface area contributed by atoms with Crippen molar-refractivity contribution < 1.29 is 0 Å². The zero-order valence-corrected chi connectivity index (χ0v) is 11.4. The third kappa shape index (κ3) is 2.96. The van der Waals surface area contributed by atoms with Crippen LogP contribution in [0, 0.1) is 5.41 Å². The van der Waals surface area contributed by atoms with Gasteiger partial charge in [-0.3, -0.25) is 0 Å². The van der Waals surface area contributed by atoms with E-state index in [1.54, 1.807) is 0 Å². The van der Waals surface area contributed by atoms with E-state index >= 15 is 0 Å². The van der Waals surface area contributed by atoms with Crippen molar-refractivity contribution in [2.24, 2.45) is 5.41 Å². The quantitative estimate of drug-likeness (QED) is 0.853. The lowest BCUT2D eigenvalue weighted by Crippen LogP contribution is -2.17. The molecule has 1 aliphatic rings. The van der Waals surface area contributed by atoms with E-state index in [1.807, 2.05) is 7.05 Å². The van der Waals surface area contributed by atoms with Gasteiger partial charge in [-0.2, -0.15) is 0 Å². The summed E-state index contributed by atoms with van der Waals surface area (Å²) in [5, 5.41) is 3.23. The highest BCUT2D eigenvalue weighted by Crippen LogP contribution is 2.27. The van der Waals surface area contributed by atoms with Crippen molar-refractivity contribution in [3.8, 4) is 0 Å². The van der Waals surface area contributed by atoms with Crippen molar-refractivity contribution in [1.29, 1.82) is 0 Å². The molecule has 0 fully saturated rings. The normalized spacial score (nSPS) is 15.5. The maximum absolute atomic E-state index is 4.76. The summed E-state index contributed by atoms with van der Waals surface area (Å²) in [4.78, 5) is 9.42. The van der Waals surface area contributed by atoms with E-state index in [-0.39, 0.29) is 5.41 Å². The van der Waals surface area contributed by atoms with E-state index in [4.69, 9.17) is 4.98 Å². The van der Waals surface area contributed by atoms with E-state index in [2.05, 4.69) is 31.1 Å². The van der Waals surface area contributed by atoms with Crippen LogP contribution in [-0.2, 0) is 19.3 Å².